The van der Waals surface area contributed by atoms with E-state index in [1.54, 1.807) is 18.3 Å². The van der Waals surface area contributed by atoms with Gasteiger partial charge in [0.05, 0.1) is 0 Å². The van der Waals surface area contributed by atoms with Crippen molar-refractivity contribution < 1.29 is 9.59 Å². The van der Waals surface area contributed by atoms with Crippen LogP contribution in [0.25, 0.3) is 32.2 Å². The van der Waals surface area contributed by atoms with Gasteiger partial charge in [-0.3, -0.25) is 9.59 Å². The Balaban J connectivity index is 1.35. The number of hydrogen-bond donors (Lipinski definition) is 2. The van der Waals surface area contributed by atoms with Gasteiger partial charge in [-0.15, -0.1) is 11.3 Å². The number of rotatable bonds is 12. The fraction of sp³-hybridized carbons (Fsp3) is 0.400. The molecule has 5 nitrogen and oxygen atoms in total. The lowest BCUT2D eigenvalue weighted by atomic mass is 10.1. The van der Waals surface area contributed by atoms with Crippen molar-refractivity contribution in [2.75, 3.05) is 6.54 Å². The van der Waals surface area contributed by atoms with Gasteiger partial charge in [0, 0.05) is 59.7 Å². The Morgan fingerprint density at radius 2 is 1.69 bits per heavy atom. The minimum Gasteiger partial charge on any atom is -0.356 e. The maximum absolute atomic E-state index is 12.4. The van der Waals surface area contributed by atoms with Crippen LogP contribution in [-0.4, -0.2) is 22.9 Å². The first-order valence-corrected chi connectivity index (χ1v) is 14.0. The second kappa shape index (κ2) is 12.2. The third kappa shape index (κ3) is 6.35. The summed E-state index contributed by atoms with van der Waals surface area (Å²) in [5, 5.41) is 10.6. The van der Waals surface area contributed by atoms with Crippen molar-refractivity contribution in [2.45, 2.75) is 72.4 Å². The third-order valence-corrected chi connectivity index (χ3v) is 7.80. The van der Waals surface area contributed by atoms with Gasteiger partial charge in [-0.1, -0.05) is 37.5 Å². The summed E-state index contributed by atoms with van der Waals surface area (Å²) in [4.78, 5) is 24.5. The Morgan fingerprint density at radius 3 is 2.44 bits per heavy atom. The van der Waals surface area contributed by atoms with Crippen molar-refractivity contribution in [1.82, 2.24) is 15.2 Å². The molecule has 0 bridgehead atoms. The Morgan fingerprint density at radius 1 is 0.889 bits per heavy atom. The molecule has 0 aliphatic rings. The van der Waals surface area contributed by atoms with Crippen LogP contribution in [0.2, 0.25) is 0 Å². The van der Waals surface area contributed by atoms with E-state index < -0.39 is 0 Å². The van der Waals surface area contributed by atoms with Crippen molar-refractivity contribution in [3.8, 4) is 10.4 Å². The summed E-state index contributed by atoms with van der Waals surface area (Å²) in [6.45, 7) is 8.08. The zero-order chi connectivity index (χ0) is 25.5. The van der Waals surface area contributed by atoms with Gasteiger partial charge in [-0.25, -0.2) is 0 Å². The highest BCUT2D eigenvalue weighted by molar-refractivity contribution is 7.13. The van der Waals surface area contributed by atoms with Gasteiger partial charge in [0.15, 0.2) is 0 Å². The van der Waals surface area contributed by atoms with E-state index in [4.69, 9.17) is 0 Å². The molecule has 0 fully saturated rings. The van der Waals surface area contributed by atoms with Crippen molar-refractivity contribution in [1.29, 1.82) is 0 Å². The molecule has 0 unspecified atom stereocenters. The van der Waals surface area contributed by atoms with Crippen LogP contribution in [-0.2, 0) is 22.7 Å². The Bertz CT molecular complexity index is 1350. The van der Waals surface area contributed by atoms with E-state index in [1.165, 1.54) is 37.8 Å². The average Bonchev–Trinajstić information content (AvgIpc) is 3.44. The maximum Gasteiger partial charge on any atom is 0.220 e. The van der Waals surface area contributed by atoms with Gasteiger partial charge in [0.25, 0.3) is 0 Å². The first-order valence-electron chi connectivity index (χ1n) is 13.1. The lowest BCUT2D eigenvalue weighted by Gasteiger charge is -2.07. The van der Waals surface area contributed by atoms with Crippen LogP contribution in [0.5, 0.6) is 0 Å². The van der Waals surface area contributed by atoms with E-state index in [-0.39, 0.29) is 11.8 Å². The van der Waals surface area contributed by atoms with Gasteiger partial charge < -0.3 is 15.2 Å². The molecule has 190 valence electrons. The molecule has 0 saturated heterocycles. The molecule has 0 aliphatic heterocycles. The molecule has 0 atom stereocenters. The molecule has 0 aliphatic carbocycles. The Hall–Kier alpha value is -3.12. The second-order valence-corrected chi connectivity index (χ2v) is 10.5. The Kier molecular flexibility index (Phi) is 8.81. The molecular formula is C30H37N3O2S. The number of thiophene rings is 1. The summed E-state index contributed by atoms with van der Waals surface area (Å²) in [7, 11) is 0. The smallest absolute Gasteiger partial charge is 0.220 e. The molecular weight excluding hydrogens is 466 g/mol. The van der Waals surface area contributed by atoms with Crippen molar-refractivity contribution in [3.63, 3.8) is 0 Å². The van der Waals surface area contributed by atoms with Crippen LogP contribution >= 0.6 is 11.3 Å². The topological polar surface area (TPSA) is 63.1 Å². The van der Waals surface area contributed by atoms with Crippen LogP contribution in [0.4, 0.5) is 0 Å². The molecule has 0 saturated carbocycles. The summed E-state index contributed by atoms with van der Waals surface area (Å²) in [6.07, 6.45) is 5.69. The number of fused-ring (bicyclic) bond motifs is 3. The molecule has 6 heteroatoms. The monoisotopic (exact) mass is 503 g/mol. The van der Waals surface area contributed by atoms with E-state index >= 15 is 0 Å². The standard InChI is InChI=1S/C30H37N3O2S/c1-4-33-27-14-11-23(19-32-30(35)10-8-6-5-7-9-15-31-22(3)34)17-26(27)25-13-12-24(18-28(25)33)29-16-21(2)20-36-29/h11-14,16-18,20H,4-10,15,19H2,1-3H3,(H,31,34)(H,32,35). The zero-order valence-corrected chi connectivity index (χ0v) is 22.5. The molecule has 2 aromatic carbocycles. The predicted molar refractivity (Wildman–Crippen MR) is 151 cm³/mol. The molecule has 0 radical (unpaired) electrons. The van der Waals surface area contributed by atoms with Crippen molar-refractivity contribution in [3.05, 3.63) is 59.0 Å². The molecule has 36 heavy (non-hydrogen) atoms. The van der Waals surface area contributed by atoms with Crippen LogP contribution < -0.4 is 10.6 Å². The first kappa shape index (κ1) is 26.0. The normalized spacial score (nSPS) is 11.3. The van der Waals surface area contributed by atoms with E-state index in [2.05, 4.69) is 76.9 Å². The fourth-order valence-electron chi connectivity index (χ4n) is 4.83. The molecule has 0 spiro atoms. The highest BCUT2D eigenvalue weighted by Crippen LogP contribution is 2.35. The lowest BCUT2D eigenvalue weighted by Crippen LogP contribution is -2.22. The highest BCUT2D eigenvalue weighted by Gasteiger charge is 2.13. The number of nitrogens with zero attached hydrogens (tertiary/aromatic N) is 1. The molecule has 2 amide bonds. The molecule has 4 aromatic rings. The first-order chi connectivity index (χ1) is 17.5. The number of nitrogens with one attached hydrogen (secondary N) is 2. The van der Waals surface area contributed by atoms with Crippen LogP contribution in [0.3, 0.4) is 0 Å². The number of carbonyl (C=O) groups excluding carboxylic acids is 2. The van der Waals surface area contributed by atoms with Crippen LogP contribution in [0.15, 0.2) is 47.8 Å². The van der Waals surface area contributed by atoms with Gasteiger partial charge in [0.1, 0.15) is 0 Å². The summed E-state index contributed by atoms with van der Waals surface area (Å²) in [6, 6.07) is 15.6. The van der Waals surface area contributed by atoms with E-state index in [0.29, 0.717) is 13.0 Å². The largest absolute Gasteiger partial charge is 0.356 e. The van der Waals surface area contributed by atoms with Gasteiger partial charge in [-0.2, -0.15) is 0 Å². The quantitative estimate of drug-likeness (QED) is 0.206. The van der Waals surface area contributed by atoms with Gasteiger partial charge in [0.2, 0.25) is 11.8 Å². The summed E-state index contributed by atoms with van der Waals surface area (Å²) in [5.41, 5.74) is 6.19. The number of hydrogen-bond acceptors (Lipinski definition) is 3. The zero-order valence-electron chi connectivity index (χ0n) is 21.7. The fourth-order valence-corrected chi connectivity index (χ4v) is 5.73. The number of carbonyl (C=O) groups is 2. The minimum atomic E-state index is 0.0280. The summed E-state index contributed by atoms with van der Waals surface area (Å²) < 4.78 is 2.38. The van der Waals surface area contributed by atoms with Gasteiger partial charge in [-0.05, 0) is 73.0 Å². The van der Waals surface area contributed by atoms with Crippen LogP contribution in [0, 0.1) is 6.92 Å². The van der Waals surface area contributed by atoms with Crippen molar-refractivity contribution >= 4 is 45.0 Å². The van der Waals surface area contributed by atoms with E-state index in [0.717, 1.165) is 50.8 Å². The Labute approximate surface area is 217 Å². The summed E-state index contributed by atoms with van der Waals surface area (Å²) >= 11 is 1.79. The second-order valence-electron chi connectivity index (χ2n) is 9.59. The minimum absolute atomic E-state index is 0.0280. The lowest BCUT2D eigenvalue weighted by molar-refractivity contribution is -0.121. The SMILES string of the molecule is CCn1c2ccc(CNC(=O)CCCCCCCNC(C)=O)cc2c2ccc(-c3cc(C)cs3)cc21. The summed E-state index contributed by atoms with van der Waals surface area (Å²) in [5.74, 6) is 0.139. The van der Waals surface area contributed by atoms with Crippen LogP contribution in [0.1, 0.15) is 63.5 Å². The molecule has 2 aromatic heterocycles. The van der Waals surface area contributed by atoms with E-state index in [1.807, 2.05) is 0 Å². The number of aryl methyl sites for hydroxylation is 2. The number of benzene rings is 2. The van der Waals surface area contributed by atoms with Gasteiger partial charge >= 0.3 is 0 Å². The highest BCUT2D eigenvalue weighted by atomic mass is 32.1. The third-order valence-electron chi connectivity index (χ3n) is 6.71. The average molecular weight is 504 g/mol. The maximum atomic E-state index is 12.4. The van der Waals surface area contributed by atoms with Crippen molar-refractivity contribution in [2.24, 2.45) is 0 Å². The molecule has 2 heterocycles. The van der Waals surface area contributed by atoms with E-state index in [9.17, 15) is 9.59 Å². The number of amides is 2. The molecule has 4 rings (SSSR count). The predicted octanol–water partition coefficient (Wildman–Crippen LogP) is 6.94. The molecule has 2 N–H and O–H groups in total. The number of unbranched alkanes of at least 4 members (excludes halogenated alkanes) is 4. The number of aromatic nitrogens is 1.